The van der Waals surface area contributed by atoms with Crippen molar-refractivity contribution in [3.8, 4) is 0 Å². The van der Waals surface area contributed by atoms with E-state index in [0.717, 1.165) is 50.5 Å². The van der Waals surface area contributed by atoms with Crippen LogP contribution in [0.3, 0.4) is 0 Å². The third-order valence-corrected chi connectivity index (χ3v) is 5.62. The van der Waals surface area contributed by atoms with E-state index in [0.29, 0.717) is 6.04 Å². The standard InChI is InChI=1S/C22H28N4O/c1-24-21-10-6-5-9-20(21)23-22(24)17-25-12-13-26(19(16-25)11-14-27)15-18-7-3-2-4-8-18/h2-10,19,27H,11-17H2,1H3. The molecule has 0 spiro atoms. The third-order valence-electron chi connectivity index (χ3n) is 5.62. The van der Waals surface area contributed by atoms with E-state index in [-0.39, 0.29) is 6.61 Å². The highest BCUT2D eigenvalue weighted by Crippen LogP contribution is 2.20. The molecule has 0 bridgehead atoms. The second-order valence-electron chi connectivity index (χ2n) is 7.43. The van der Waals surface area contributed by atoms with Gasteiger partial charge in [-0.1, -0.05) is 42.5 Å². The molecule has 1 aliphatic rings. The maximum atomic E-state index is 9.56. The van der Waals surface area contributed by atoms with Crippen molar-refractivity contribution in [3.63, 3.8) is 0 Å². The van der Waals surface area contributed by atoms with Crippen LogP contribution in [0, 0.1) is 0 Å². The van der Waals surface area contributed by atoms with Gasteiger partial charge in [-0.3, -0.25) is 9.80 Å². The molecular formula is C22H28N4O. The Hall–Kier alpha value is -2.21. The normalized spacial score (nSPS) is 19.0. The highest BCUT2D eigenvalue weighted by Gasteiger charge is 2.27. The largest absolute Gasteiger partial charge is 0.396 e. The van der Waals surface area contributed by atoms with Crippen LogP contribution in [0.15, 0.2) is 54.6 Å². The van der Waals surface area contributed by atoms with E-state index in [1.807, 2.05) is 6.07 Å². The summed E-state index contributed by atoms with van der Waals surface area (Å²) in [6.07, 6.45) is 0.811. The summed E-state index contributed by atoms with van der Waals surface area (Å²) in [5.74, 6) is 1.11. The number of aliphatic hydroxyl groups excluding tert-OH is 1. The predicted molar refractivity (Wildman–Crippen MR) is 108 cm³/mol. The molecule has 142 valence electrons. The van der Waals surface area contributed by atoms with Crippen molar-refractivity contribution in [2.75, 3.05) is 26.2 Å². The molecule has 1 aliphatic heterocycles. The zero-order chi connectivity index (χ0) is 18.6. The van der Waals surface area contributed by atoms with Gasteiger partial charge >= 0.3 is 0 Å². The fourth-order valence-corrected chi connectivity index (χ4v) is 4.09. The van der Waals surface area contributed by atoms with Crippen LogP contribution in [0.25, 0.3) is 11.0 Å². The summed E-state index contributed by atoms with van der Waals surface area (Å²) in [6, 6.07) is 19.3. The van der Waals surface area contributed by atoms with Crippen LogP contribution in [0.2, 0.25) is 0 Å². The maximum absolute atomic E-state index is 9.56. The number of benzene rings is 2. The van der Waals surface area contributed by atoms with Gasteiger partial charge in [0.2, 0.25) is 0 Å². The van der Waals surface area contributed by atoms with Crippen molar-refractivity contribution in [1.29, 1.82) is 0 Å². The summed E-state index contributed by atoms with van der Waals surface area (Å²) in [5.41, 5.74) is 3.58. The lowest BCUT2D eigenvalue weighted by atomic mass is 10.1. The average Bonchev–Trinajstić information content (AvgIpc) is 3.01. The molecule has 0 radical (unpaired) electrons. The molecular weight excluding hydrogens is 336 g/mol. The fraction of sp³-hybridized carbons (Fsp3) is 0.409. The van der Waals surface area contributed by atoms with E-state index in [2.05, 4.69) is 69.9 Å². The fourth-order valence-electron chi connectivity index (χ4n) is 4.09. The van der Waals surface area contributed by atoms with Gasteiger partial charge in [0, 0.05) is 45.9 Å². The predicted octanol–water partition coefficient (Wildman–Crippen LogP) is 2.64. The van der Waals surface area contributed by atoms with E-state index in [1.165, 1.54) is 11.1 Å². The van der Waals surface area contributed by atoms with E-state index in [1.54, 1.807) is 0 Å². The Morgan fingerprint density at radius 3 is 2.56 bits per heavy atom. The molecule has 1 saturated heterocycles. The van der Waals surface area contributed by atoms with Gasteiger partial charge in [0.1, 0.15) is 5.82 Å². The second kappa shape index (κ2) is 8.21. The number of nitrogens with zero attached hydrogens (tertiary/aromatic N) is 4. The first-order valence-electron chi connectivity index (χ1n) is 9.76. The Labute approximate surface area is 160 Å². The number of piperazine rings is 1. The lowest BCUT2D eigenvalue weighted by Gasteiger charge is -2.41. The highest BCUT2D eigenvalue weighted by molar-refractivity contribution is 5.75. The molecule has 1 fully saturated rings. The van der Waals surface area contributed by atoms with Gasteiger partial charge in [0.05, 0.1) is 17.6 Å². The van der Waals surface area contributed by atoms with Gasteiger partial charge in [-0.05, 0) is 24.1 Å². The number of rotatable bonds is 6. The summed E-state index contributed by atoms with van der Waals surface area (Å²) in [6.45, 7) is 5.05. The number of aromatic nitrogens is 2. The molecule has 1 unspecified atom stereocenters. The number of hydrogen-bond donors (Lipinski definition) is 1. The van der Waals surface area contributed by atoms with Gasteiger partial charge in [0.15, 0.2) is 0 Å². The minimum Gasteiger partial charge on any atom is -0.396 e. The summed E-state index contributed by atoms with van der Waals surface area (Å²) in [4.78, 5) is 9.81. The van der Waals surface area contributed by atoms with Crippen LogP contribution < -0.4 is 0 Å². The van der Waals surface area contributed by atoms with Crippen LogP contribution in [0.1, 0.15) is 17.8 Å². The zero-order valence-electron chi connectivity index (χ0n) is 16.0. The van der Waals surface area contributed by atoms with Gasteiger partial charge < -0.3 is 9.67 Å². The van der Waals surface area contributed by atoms with Crippen LogP contribution in [0.4, 0.5) is 0 Å². The lowest BCUT2D eigenvalue weighted by molar-refractivity contribution is 0.0484. The van der Waals surface area contributed by atoms with Crippen molar-refractivity contribution in [2.45, 2.75) is 25.6 Å². The number of aryl methyl sites for hydroxylation is 1. The van der Waals surface area contributed by atoms with Gasteiger partial charge in [-0.2, -0.15) is 0 Å². The quantitative estimate of drug-likeness (QED) is 0.730. The first-order chi connectivity index (χ1) is 13.2. The van der Waals surface area contributed by atoms with Gasteiger partial charge in [-0.25, -0.2) is 4.98 Å². The zero-order valence-corrected chi connectivity index (χ0v) is 16.0. The number of fused-ring (bicyclic) bond motifs is 1. The minimum absolute atomic E-state index is 0.232. The first kappa shape index (κ1) is 18.2. The molecule has 0 saturated carbocycles. The van der Waals surface area contributed by atoms with Crippen molar-refractivity contribution in [3.05, 3.63) is 66.0 Å². The molecule has 1 N–H and O–H groups in total. The number of aliphatic hydroxyl groups is 1. The van der Waals surface area contributed by atoms with Gasteiger partial charge in [0.25, 0.3) is 0 Å². The van der Waals surface area contributed by atoms with E-state index >= 15 is 0 Å². The molecule has 5 heteroatoms. The average molecular weight is 364 g/mol. The van der Waals surface area contributed by atoms with Crippen LogP contribution in [0.5, 0.6) is 0 Å². The first-order valence-corrected chi connectivity index (χ1v) is 9.76. The smallest absolute Gasteiger partial charge is 0.123 e. The summed E-state index contributed by atoms with van der Waals surface area (Å²) < 4.78 is 2.20. The van der Waals surface area contributed by atoms with Crippen molar-refractivity contribution < 1.29 is 5.11 Å². The molecule has 2 aromatic carbocycles. The van der Waals surface area contributed by atoms with Crippen LogP contribution in [-0.4, -0.2) is 56.7 Å². The molecule has 27 heavy (non-hydrogen) atoms. The molecule has 3 aromatic rings. The Balaban J connectivity index is 1.45. The maximum Gasteiger partial charge on any atom is 0.123 e. The minimum atomic E-state index is 0.232. The molecule has 5 nitrogen and oxygen atoms in total. The molecule has 1 atom stereocenters. The van der Waals surface area contributed by atoms with Crippen LogP contribution in [-0.2, 0) is 20.1 Å². The topological polar surface area (TPSA) is 44.5 Å². The number of hydrogen-bond acceptors (Lipinski definition) is 4. The molecule has 4 rings (SSSR count). The monoisotopic (exact) mass is 364 g/mol. The molecule has 2 heterocycles. The summed E-state index contributed by atoms with van der Waals surface area (Å²) in [7, 11) is 2.10. The highest BCUT2D eigenvalue weighted by atomic mass is 16.3. The Morgan fingerprint density at radius 2 is 1.78 bits per heavy atom. The summed E-state index contributed by atoms with van der Waals surface area (Å²) in [5, 5.41) is 9.56. The molecule has 0 aliphatic carbocycles. The Morgan fingerprint density at radius 1 is 1.00 bits per heavy atom. The van der Waals surface area contributed by atoms with E-state index < -0.39 is 0 Å². The van der Waals surface area contributed by atoms with Crippen molar-refractivity contribution in [2.24, 2.45) is 7.05 Å². The van der Waals surface area contributed by atoms with Crippen LogP contribution >= 0.6 is 0 Å². The Bertz CT molecular complexity index is 876. The van der Waals surface area contributed by atoms with E-state index in [9.17, 15) is 5.11 Å². The summed E-state index contributed by atoms with van der Waals surface area (Å²) >= 11 is 0. The van der Waals surface area contributed by atoms with Crippen molar-refractivity contribution >= 4 is 11.0 Å². The third kappa shape index (κ3) is 4.05. The van der Waals surface area contributed by atoms with E-state index in [4.69, 9.17) is 4.98 Å². The lowest BCUT2D eigenvalue weighted by Crippen LogP contribution is -2.52. The SMILES string of the molecule is Cn1c(CN2CCN(Cc3ccccc3)C(CCO)C2)nc2ccccc21. The van der Waals surface area contributed by atoms with Gasteiger partial charge in [-0.15, -0.1) is 0 Å². The van der Waals surface area contributed by atoms with Crippen molar-refractivity contribution in [1.82, 2.24) is 19.4 Å². The molecule has 0 amide bonds. The second-order valence-corrected chi connectivity index (χ2v) is 7.43. The Kier molecular flexibility index (Phi) is 5.53. The molecule has 1 aromatic heterocycles. The number of para-hydroxylation sites is 2. The number of imidazole rings is 1.